The van der Waals surface area contributed by atoms with E-state index in [0.717, 1.165) is 12.1 Å². The van der Waals surface area contributed by atoms with Gasteiger partial charge in [-0.3, -0.25) is 14.5 Å². The standard InChI is InChI=1S/C19H20F3N3O3/c1-13(17(26)23-15-6-4-14(5-7-15)19(20,21)22)24-8-10-25(11-9-24)18(27)16-3-2-12-28-16/h2-7,12-13H,8-11H2,1H3,(H,23,26). The predicted octanol–water partition coefficient (Wildman–Crippen LogP) is 3.08. The second kappa shape index (κ2) is 8.05. The van der Waals surface area contributed by atoms with Gasteiger partial charge in [-0.25, -0.2) is 0 Å². The molecule has 1 atom stereocenters. The zero-order valence-corrected chi connectivity index (χ0v) is 15.2. The van der Waals surface area contributed by atoms with Crippen molar-refractivity contribution in [3.63, 3.8) is 0 Å². The van der Waals surface area contributed by atoms with Crippen LogP contribution in [0.15, 0.2) is 47.1 Å². The number of furan rings is 1. The van der Waals surface area contributed by atoms with E-state index < -0.39 is 17.8 Å². The van der Waals surface area contributed by atoms with E-state index in [1.165, 1.54) is 18.4 Å². The summed E-state index contributed by atoms with van der Waals surface area (Å²) in [5.74, 6) is -0.223. The Bertz CT molecular complexity index is 811. The number of nitrogens with one attached hydrogen (secondary N) is 1. The number of nitrogens with zero attached hydrogens (tertiary/aromatic N) is 2. The van der Waals surface area contributed by atoms with Crippen LogP contribution in [0.25, 0.3) is 0 Å². The first kappa shape index (κ1) is 19.9. The molecule has 1 aromatic carbocycles. The van der Waals surface area contributed by atoms with Crippen molar-refractivity contribution in [3.05, 3.63) is 54.0 Å². The number of carbonyl (C=O) groups excluding carboxylic acids is 2. The van der Waals surface area contributed by atoms with Crippen LogP contribution < -0.4 is 5.32 Å². The first-order chi connectivity index (χ1) is 13.3. The van der Waals surface area contributed by atoms with Gasteiger partial charge < -0.3 is 14.6 Å². The molecule has 1 unspecified atom stereocenters. The molecule has 2 heterocycles. The predicted molar refractivity (Wildman–Crippen MR) is 95.7 cm³/mol. The first-order valence-corrected chi connectivity index (χ1v) is 8.80. The minimum Gasteiger partial charge on any atom is -0.459 e. The van der Waals surface area contributed by atoms with Crippen LogP contribution in [0.5, 0.6) is 0 Å². The monoisotopic (exact) mass is 395 g/mol. The maximum absolute atomic E-state index is 12.6. The van der Waals surface area contributed by atoms with Gasteiger partial charge in [0.1, 0.15) is 0 Å². The van der Waals surface area contributed by atoms with Crippen molar-refractivity contribution in [3.8, 4) is 0 Å². The molecule has 1 aliphatic heterocycles. The van der Waals surface area contributed by atoms with E-state index in [-0.39, 0.29) is 17.6 Å². The number of hydrogen-bond acceptors (Lipinski definition) is 4. The fourth-order valence-electron chi connectivity index (χ4n) is 3.02. The number of carbonyl (C=O) groups is 2. The van der Waals surface area contributed by atoms with Gasteiger partial charge in [0.2, 0.25) is 5.91 Å². The summed E-state index contributed by atoms with van der Waals surface area (Å²) in [6, 6.07) is 7.09. The van der Waals surface area contributed by atoms with Crippen molar-refractivity contribution in [1.29, 1.82) is 0 Å². The molecule has 0 radical (unpaired) electrons. The number of amides is 2. The first-order valence-electron chi connectivity index (χ1n) is 8.80. The minimum atomic E-state index is -4.41. The van der Waals surface area contributed by atoms with Crippen LogP contribution in [-0.2, 0) is 11.0 Å². The van der Waals surface area contributed by atoms with Crippen LogP contribution >= 0.6 is 0 Å². The third-order valence-corrected chi connectivity index (χ3v) is 4.74. The molecule has 2 amide bonds. The molecule has 6 nitrogen and oxygen atoms in total. The fraction of sp³-hybridized carbons (Fsp3) is 0.368. The van der Waals surface area contributed by atoms with Crippen molar-refractivity contribution in [2.75, 3.05) is 31.5 Å². The smallest absolute Gasteiger partial charge is 0.416 e. The Morgan fingerprint density at radius 1 is 1.07 bits per heavy atom. The minimum absolute atomic E-state index is 0.188. The van der Waals surface area contributed by atoms with Crippen molar-refractivity contribution in [2.24, 2.45) is 0 Å². The molecule has 9 heteroatoms. The van der Waals surface area contributed by atoms with Gasteiger partial charge in [0.05, 0.1) is 17.9 Å². The van der Waals surface area contributed by atoms with Gasteiger partial charge in [0, 0.05) is 31.9 Å². The lowest BCUT2D eigenvalue weighted by Crippen LogP contribution is -2.54. The number of rotatable bonds is 4. The molecule has 0 saturated carbocycles. The van der Waals surface area contributed by atoms with Crippen LogP contribution in [0, 0.1) is 0 Å². The summed E-state index contributed by atoms with van der Waals surface area (Å²) in [4.78, 5) is 28.3. The van der Waals surface area contributed by atoms with E-state index in [1.807, 2.05) is 4.90 Å². The van der Waals surface area contributed by atoms with Crippen molar-refractivity contribution < 1.29 is 27.2 Å². The number of halogens is 3. The molecule has 1 N–H and O–H groups in total. The maximum Gasteiger partial charge on any atom is 0.416 e. The molecule has 0 bridgehead atoms. The summed E-state index contributed by atoms with van der Waals surface area (Å²) in [5.41, 5.74) is -0.465. The van der Waals surface area contributed by atoms with E-state index in [2.05, 4.69) is 5.32 Å². The van der Waals surface area contributed by atoms with Crippen LogP contribution in [0.4, 0.5) is 18.9 Å². The van der Waals surface area contributed by atoms with Crippen LogP contribution in [-0.4, -0.2) is 53.8 Å². The molecule has 28 heavy (non-hydrogen) atoms. The number of piperazine rings is 1. The average molecular weight is 395 g/mol. The highest BCUT2D eigenvalue weighted by Crippen LogP contribution is 2.29. The Balaban J connectivity index is 1.52. The molecular formula is C19H20F3N3O3. The lowest BCUT2D eigenvalue weighted by Gasteiger charge is -2.37. The van der Waals surface area contributed by atoms with Crippen LogP contribution in [0.1, 0.15) is 23.0 Å². The lowest BCUT2D eigenvalue weighted by molar-refractivity contribution is -0.137. The third-order valence-electron chi connectivity index (χ3n) is 4.74. The Hall–Kier alpha value is -2.81. The summed E-state index contributed by atoms with van der Waals surface area (Å²) >= 11 is 0. The SMILES string of the molecule is CC(C(=O)Nc1ccc(C(F)(F)F)cc1)N1CCN(C(=O)c2ccco2)CC1. The quantitative estimate of drug-likeness (QED) is 0.864. The van der Waals surface area contributed by atoms with Gasteiger partial charge in [-0.1, -0.05) is 0 Å². The highest BCUT2D eigenvalue weighted by atomic mass is 19.4. The number of hydrogen-bond donors (Lipinski definition) is 1. The zero-order valence-electron chi connectivity index (χ0n) is 15.2. The Morgan fingerprint density at radius 2 is 1.71 bits per heavy atom. The molecule has 1 saturated heterocycles. The molecule has 150 valence electrons. The summed E-state index contributed by atoms with van der Waals surface area (Å²) in [6.07, 6.45) is -2.97. The van der Waals surface area contributed by atoms with Gasteiger partial charge in [-0.05, 0) is 43.3 Å². The second-order valence-corrected chi connectivity index (χ2v) is 6.55. The fourth-order valence-corrected chi connectivity index (χ4v) is 3.02. The highest BCUT2D eigenvalue weighted by molar-refractivity contribution is 5.94. The van der Waals surface area contributed by atoms with E-state index in [4.69, 9.17) is 4.42 Å². The topological polar surface area (TPSA) is 65.8 Å². The average Bonchev–Trinajstić information content (AvgIpc) is 3.21. The van der Waals surface area contributed by atoms with E-state index in [1.54, 1.807) is 24.0 Å². The summed E-state index contributed by atoms with van der Waals surface area (Å²) in [7, 11) is 0. The Morgan fingerprint density at radius 3 is 2.25 bits per heavy atom. The number of alkyl halides is 3. The summed E-state index contributed by atoms with van der Waals surface area (Å²) in [6.45, 7) is 3.65. The molecule has 2 aromatic rings. The highest BCUT2D eigenvalue weighted by Gasteiger charge is 2.31. The molecule has 1 fully saturated rings. The largest absolute Gasteiger partial charge is 0.459 e. The van der Waals surface area contributed by atoms with E-state index >= 15 is 0 Å². The summed E-state index contributed by atoms with van der Waals surface area (Å²) in [5, 5.41) is 2.63. The molecule has 0 spiro atoms. The van der Waals surface area contributed by atoms with Crippen LogP contribution in [0.3, 0.4) is 0 Å². The Labute approximate surface area is 159 Å². The van der Waals surface area contributed by atoms with Gasteiger partial charge in [0.25, 0.3) is 5.91 Å². The van der Waals surface area contributed by atoms with Crippen molar-refractivity contribution in [1.82, 2.24) is 9.80 Å². The number of benzene rings is 1. The van der Waals surface area contributed by atoms with E-state index in [0.29, 0.717) is 31.9 Å². The van der Waals surface area contributed by atoms with Gasteiger partial charge in [-0.2, -0.15) is 13.2 Å². The zero-order chi connectivity index (χ0) is 20.3. The maximum atomic E-state index is 12.6. The number of anilines is 1. The summed E-state index contributed by atoms with van der Waals surface area (Å²) < 4.78 is 42.9. The van der Waals surface area contributed by atoms with Gasteiger partial charge in [0.15, 0.2) is 5.76 Å². The van der Waals surface area contributed by atoms with E-state index in [9.17, 15) is 22.8 Å². The normalized spacial score (nSPS) is 16.6. The second-order valence-electron chi connectivity index (χ2n) is 6.55. The van der Waals surface area contributed by atoms with Crippen molar-refractivity contribution >= 4 is 17.5 Å². The van der Waals surface area contributed by atoms with Crippen LogP contribution in [0.2, 0.25) is 0 Å². The molecule has 1 aliphatic rings. The molecular weight excluding hydrogens is 375 g/mol. The molecule has 1 aromatic heterocycles. The Kier molecular flexibility index (Phi) is 5.73. The molecule has 3 rings (SSSR count). The van der Waals surface area contributed by atoms with Crippen molar-refractivity contribution in [2.45, 2.75) is 19.1 Å². The van der Waals surface area contributed by atoms with Gasteiger partial charge >= 0.3 is 6.18 Å². The third kappa shape index (κ3) is 4.53. The molecule has 0 aliphatic carbocycles. The van der Waals surface area contributed by atoms with Gasteiger partial charge in [-0.15, -0.1) is 0 Å². The lowest BCUT2D eigenvalue weighted by atomic mass is 10.1.